The SMILES string of the molecule is O=C(O)NC1CCN(C(=O)C(c2cccc(Cl)c2)C2(O)CCC3CCCCC3C2)CC1. The number of amides is 2. The largest absolute Gasteiger partial charge is 0.465 e. The van der Waals surface area contributed by atoms with E-state index in [0.29, 0.717) is 55.6 Å². The lowest BCUT2D eigenvalue weighted by molar-refractivity contribution is -0.145. The molecule has 2 aliphatic carbocycles. The molecule has 0 aromatic heterocycles. The summed E-state index contributed by atoms with van der Waals surface area (Å²) in [4.78, 5) is 26.5. The van der Waals surface area contributed by atoms with Crippen molar-refractivity contribution in [2.75, 3.05) is 13.1 Å². The van der Waals surface area contributed by atoms with E-state index in [-0.39, 0.29) is 11.9 Å². The van der Waals surface area contributed by atoms with E-state index < -0.39 is 17.6 Å². The topological polar surface area (TPSA) is 89.9 Å². The molecule has 2 saturated carbocycles. The summed E-state index contributed by atoms with van der Waals surface area (Å²) >= 11 is 6.27. The van der Waals surface area contributed by atoms with Gasteiger partial charge in [-0.05, 0) is 61.6 Å². The second-order valence-electron chi connectivity index (χ2n) is 9.69. The van der Waals surface area contributed by atoms with Gasteiger partial charge in [-0.15, -0.1) is 0 Å². The molecule has 4 rings (SSSR count). The highest BCUT2D eigenvalue weighted by molar-refractivity contribution is 6.30. The van der Waals surface area contributed by atoms with E-state index in [1.54, 1.807) is 11.0 Å². The number of benzene rings is 1. The van der Waals surface area contributed by atoms with Gasteiger partial charge in [0.2, 0.25) is 5.91 Å². The fourth-order valence-corrected chi connectivity index (χ4v) is 6.36. The van der Waals surface area contributed by atoms with Gasteiger partial charge in [0.25, 0.3) is 0 Å². The smallest absolute Gasteiger partial charge is 0.404 e. The number of rotatable bonds is 4. The number of carbonyl (C=O) groups excluding carboxylic acids is 1. The van der Waals surface area contributed by atoms with Crippen LogP contribution in [0.1, 0.15) is 69.3 Å². The van der Waals surface area contributed by atoms with Gasteiger partial charge in [0.1, 0.15) is 0 Å². The monoisotopic (exact) mass is 448 g/mol. The van der Waals surface area contributed by atoms with Crippen LogP contribution < -0.4 is 5.32 Å². The average molecular weight is 449 g/mol. The number of hydrogen-bond donors (Lipinski definition) is 3. The van der Waals surface area contributed by atoms with E-state index in [1.165, 1.54) is 19.3 Å². The molecule has 170 valence electrons. The van der Waals surface area contributed by atoms with Crippen LogP contribution in [0.3, 0.4) is 0 Å². The summed E-state index contributed by atoms with van der Waals surface area (Å²) in [5.41, 5.74) is -0.295. The first-order valence-electron chi connectivity index (χ1n) is 11.6. The molecule has 4 atom stereocenters. The second-order valence-corrected chi connectivity index (χ2v) is 10.1. The van der Waals surface area contributed by atoms with Crippen LogP contribution in [-0.2, 0) is 4.79 Å². The highest BCUT2D eigenvalue weighted by atomic mass is 35.5. The fourth-order valence-electron chi connectivity index (χ4n) is 6.16. The molecule has 3 fully saturated rings. The lowest BCUT2D eigenvalue weighted by atomic mass is 9.61. The van der Waals surface area contributed by atoms with Gasteiger partial charge in [-0.2, -0.15) is 0 Å². The number of piperidine rings is 1. The van der Waals surface area contributed by atoms with Crippen LogP contribution in [0.25, 0.3) is 0 Å². The van der Waals surface area contributed by atoms with Crippen molar-refractivity contribution in [3.05, 3.63) is 34.9 Å². The highest BCUT2D eigenvalue weighted by Gasteiger charge is 2.49. The number of halogens is 1. The van der Waals surface area contributed by atoms with Gasteiger partial charge in [-0.1, -0.05) is 49.4 Å². The summed E-state index contributed by atoms with van der Waals surface area (Å²) in [5.74, 6) is 0.445. The maximum Gasteiger partial charge on any atom is 0.404 e. The third kappa shape index (κ3) is 5.01. The molecule has 0 bridgehead atoms. The molecule has 6 nitrogen and oxygen atoms in total. The van der Waals surface area contributed by atoms with Gasteiger partial charge < -0.3 is 20.4 Å². The number of fused-ring (bicyclic) bond motifs is 1. The third-order valence-corrected chi connectivity index (χ3v) is 7.97. The summed E-state index contributed by atoms with van der Waals surface area (Å²) in [6.07, 6.45) is 7.26. The zero-order chi connectivity index (χ0) is 22.0. The summed E-state index contributed by atoms with van der Waals surface area (Å²) in [5, 5.41) is 24.0. The molecule has 0 spiro atoms. The minimum atomic E-state index is -1.07. The number of aliphatic hydroxyl groups is 1. The van der Waals surface area contributed by atoms with Crippen LogP contribution in [-0.4, -0.2) is 51.8 Å². The maximum atomic E-state index is 13.8. The van der Waals surface area contributed by atoms with Crippen molar-refractivity contribution in [3.8, 4) is 0 Å². The van der Waals surface area contributed by atoms with E-state index in [9.17, 15) is 14.7 Å². The molecule has 7 heteroatoms. The predicted molar refractivity (Wildman–Crippen MR) is 119 cm³/mol. The summed E-state index contributed by atoms with van der Waals surface area (Å²) in [6.45, 7) is 0.978. The Labute approximate surface area is 189 Å². The Balaban J connectivity index is 1.56. The fraction of sp³-hybridized carbons (Fsp3) is 0.667. The number of carboxylic acid groups (broad SMARTS) is 1. The normalized spacial score (nSPS) is 30.3. The quantitative estimate of drug-likeness (QED) is 0.636. The van der Waals surface area contributed by atoms with Crippen molar-refractivity contribution in [2.24, 2.45) is 11.8 Å². The summed E-state index contributed by atoms with van der Waals surface area (Å²) in [6, 6.07) is 7.21. The molecule has 0 radical (unpaired) electrons. The van der Waals surface area contributed by atoms with Gasteiger partial charge in [0.15, 0.2) is 0 Å². The zero-order valence-corrected chi connectivity index (χ0v) is 18.7. The van der Waals surface area contributed by atoms with E-state index in [1.807, 2.05) is 18.2 Å². The second kappa shape index (κ2) is 9.37. The number of nitrogens with zero attached hydrogens (tertiary/aromatic N) is 1. The number of hydrogen-bond acceptors (Lipinski definition) is 3. The first kappa shape index (κ1) is 22.4. The lowest BCUT2D eigenvalue weighted by Crippen LogP contribution is -2.53. The van der Waals surface area contributed by atoms with E-state index in [0.717, 1.165) is 18.4 Å². The van der Waals surface area contributed by atoms with Crippen molar-refractivity contribution >= 4 is 23.6 Å². The zero-order valence-electron chi connectivity index (χ0n) is 17.9. The number of nitrogens with one attached hydrogen (secondary N) is 1. The van der Waals surface area contributed by atoms with Crippen molar-refractivity contribution in [1.29, 1.82) is 0 Å². The van der Waals surface area contributed by atoms with Crippen LogP contribution in [0.15, 0.2) is 24.3 Å². The van der Waals surface area contributed by atoms with E-state index in [2.05, 4.69) is 5.32 Å². The molecule has 31 heavy (non-hydrogen) atoms. The minimum Gasteiger partial charge on any atom is -0.465 e. The van der Waals surface area contributed by atoms with E-state index in [4.69, 9.17) is 16.7 Å². The third-order valence-electron chi connectivity index (χ3n) is 7.73. The molecule has 3 N–H and O–H groups in total. The molecule has 4 unspecified atom stereocenters. The molecule has 1 heterocycles. The van der Waals surface area contributed by atoms with Crippen molar-refractivity contribution in [3.63, 3.8) is 0 Å². The summed E-state index contributed by atoms with van der Waals surface area (Å²) < 4.78 is 0. The van der Waals surface area contributed by atoms with Gasteiger partial charge >= 0.3 is 6.09 Å². The Morgan fingerprint density at radius 2 is 1.81 bits per heavy atom. The molecule has 3 aliphatic rings. The summed E-state index contributed by atoms with van der Waals surface area (Å²) in [7, 11) is 0. The Bertz CT molecular complexity index is 811. The van der Waals surface area contributed by atoms with Crippen LogP contribution in [0.4, 0.5) is 4.79 Å². The molecule has 1 saturated heterocycles. The Kier molecular flexibility index (Phi) is 6.77. The Morgan fingerprint density at radius 3 is 2.48 bits per heavy atom. The van der Waals surface area contributed by atoms with Crippen LogP contribution in [0.2, 0.25) is 5.02 Å². The average Bonchev–Trinajstić information content (AvgIpc) is 2.74. The Morgan fingerprint density at radius 1 is 1.10 bits per heavy atom. The lowest BCUT2D eigenvalue weighted by Gasteiger charge is -2.48. The molecule has 1 aromatic rings. The maximum absolute atomic E-state index is 13.8. The molecule has 1 aliphatic heterocycles. The van der Waals surface area contributed by atoms with Gasteiger partial charge in [-0.3, -0.25) is 4.79 Å². The van der Waals surface area contributed by atoms with Gasteiger partial charge in [-0.25, -0.2) is 4.79 Å². The molecular formula is C24H33ClN2O4. The number of carbonyl (C=O) groups is 2. The van der Waals surface area contributed by atoms with Crippen LogP contribution in [0, 0.1) is 11.8 Å². The predicted octanol–water partition coefficient (Wildman–Crippen LogP) is 4.40. The molecule has 1 aromatic carbocycles. The first-order chi connectivity index (χ1) is 14.9. The Hall–Kier alpha value is -1.79. The number of likely N-dealkylation sites (tertiary alicyclic amines) is 1. The standard InChI is InChI=1S/C24H33ClN2O4/c25-19-7-3-6-17(14-19)21(22(28)27-12-9-20(10-13-27)26-23(29)30)24(31)11-8-16-4-1-2-5-18(16)15-24/h3,6-7,14,16,18,20-21,26,31H,1-2,4-5,8-13,15H2,(H,29,30). The van der Waals surface area contributed by atoms with Crippen molar-refractivity contribution in [1.82, 2.24) is 10.2 Å². The van der Waals surface area contributed by atoms with Crippen molar-refractivity contribution in [2.45, 2.75) is 75.3 Å². The molecular weight excluding hydrogens is 416 g/mol. The van der Waals surface area contributed by atoms with Gasteiger partial charge in [0.05, 0.1) is 11.5 Å². The van der Waals surface area contributed by atoms with Crippen molar-refractivity contribution < 1.29 is 19.8 Å². The minimum absolute atomic E-state index is 0.0622. The van der Waals surface area contributed by atoms with Gasteiger partial charge in [0, 0.05) is 24.2 Å². The van der Waals surface area contributed by atoms with Crippen LogP contribution >= 0.6 is 11.6 Å². The highest BCUT2D eigenvalue weighted by Crippen LogP contribution is 2.49. The first-order valence-corrected chi connectivity index (χ1v) is 12.0. The van der Waals surface area contributed by atoms with E-state index >= 15 is 0 Å². The molecule has 2 amide bonds. The van der Waals surface area contributed by atoms with Crippen LogP contribution in [0.5, 0.6) is 0 Å².